The summed E-state index contributed by atoms with van der Waals surface area (Å²) in [5, 5.41) is 2.63. The van der Waals surface area contributed by atoms with Crippen LogP contribution in [0.3, 0.4) is 0 Å². The van der Waals surface area contributed by atoms with E-state index in [9.17, 15) is 17.6 Å². The number of piperidine rings is 1. The molecule has 26 heavy (non-hydrogen) atoms. The number of nitrogens with one attached hydrogen (secondary N) is 1. The molecule has 0 saturated carbocycles. The Labute approximate surface area is 152 Å². The van der Waals surface area contributed by atoms with Gasteiger partial charge in [0.1, 0.15) is 5.82 Å². The summed E-state index contributed by atoms with van der Waals surface area (Å²) in [6.07, 6.45) is 2.73. The zero-order chi connectivity index (χ0) is 18.6. The summed E-state index contributed by atoms with van der Waals surface area (Å²) < 4.78 is 40.6. The Bertz CT molecular complexity index is 893. The second kappa shape index (κ2) is 7.97. The van der Waals surface area contributed by atoms with Gasteiger partial charge in [-0.1, -0.05) is 30.7 Å². The Hall–Kier alpha value is -2.25. The first-order chi connectivity index (χ1) is 12.5. The zero-order valence-electron chi connectivity index (χ0n) is 14.3. The molecule has 0 aromatic heterocycles. The number of rotatable bonds is 5. The highest BCUT2D eigenvalue weighted by molar-refractivity contribution is 7.89. The van der Waals surface area contributed by atoms with Crippen molar-refractivity contribution in [2.45, 2.75) is 30.7 Å². The third-order valence-electron chi connectivity index (χ3n) is 4.45. The van der Waals surface area contributed by atoms with E-state index in [1.807, 2.05) is 0 Å². The Morgan fingerprint density at radius 3 is 2.50 bits per heavy atom. The molecule has 1 aliphatic rings. The third kappa shape index (κ3) is 4.11. The van der Waals surface area contributed by atoms with Crippen LogP contribution in [0.15, 0.2) is 53.4 Å². The molecule has 138 valence electrons. The molecule has 0 atom stereocenters. The van der Waals surface area contributed by atoms with E-state index >= 15 is 0 Å². The van der Waals surface area contributed by atoms with Crippen molar-refractivity contribution in [3.63, 3.8) is 0 Å². The minimum Gasteiger partial charge on any atom is -0.348 e. The van der Waals surface area contributed by atoms with Crippen molar-refractivity contribution >= 4 is 15.9 Å². The van der Waals surface area contributed by atoms with Gasteiger partial charge in [0.2, 0.25) is 10.0 Å². The molecule has 0 spiro atoms. The fraction of sp³-hybridized carbons (Fsp3) is 0.316. The van der Waals surface area contributed by atoms with E-state index in [1.165, 1.54) is 22.5 Å². The molecule has 1 amide bonds. The third-order valence-corrected chi connectivity index (χ3v) is 6.34. The monoisotopic (exact) mass is 376 g/mol. The first-order valence-corrected chi connectivity index (χ1v) is 10.0. The molecule has 0 aliphatic carbocycles. The summed E-state index contributed by atoms with van der Waals surface area (Å²) in [6.45, 7) is 1.05. The summed E-state index contributed by atoms with van der Waals surface area (Å²) >= 11 is 0. The number of amides is 1. The number of nitrogens with zero attached hydrogens (tertiary/aromatic N) is 1. The Morgan fingerprint density at radius 2 is 1.77 bits per heavy atom. The Morgan fingerprint density at radius 1 is 1.04 bits per heavy atom. The highest BCUT2D eigenvalue weighted by atomic mass is 32.2. The van der Waals surface area contributed by atoms with E-state index in [-0.39, 0.29) is 17.0 Å². The van der Waals surface area contributed by atoms with E-state index in [4.69, 9.17) is 0 Å². The number of halogens is 1. The van der Waals surface area contributed by atoms with Crippen LogP contribution in [-0.2, 0) is 16.6 Å². The molecule has 1 N–H and O–H groups in total. The van der Waals surface area contributed by atoms with Gasteiger partial charge in [0.05, 0.1) is 4.90 Å². The number of carbonyl (C=O) groups excluding carboxylic acids is 1. The average Bonchev–Trinajstić information content (AvgIpc) is 2.68. The van der Waals surface area contributed by atoms with Gasteiger partial charge in [-0.2, -0.15) is 4.31 Å². The highest BCUT2D eigenvalue weighted by Crippen LogP contribution is 2.21. The molecule has 3 rings (SSSR count). The summed E-state index contributed by atoms with van der Waals surface area (Å²) in [4.78, 5) is 12.5. The molecule has 7 heteroatoms. The largest absolute Gasteiger partial charge is 0.348 e. The predicted molar refractivity (Wildman–Crippen MR) is 96.6 cm³/mol. The molecule has 2 aromatic carbocycles. The van der Waals surface area contributed by atoms with Crippen LogP contribution in [-0.4, -0.2) is 31.7 Å². The quantitative estimate of drug-likeness (QED) is 0.873. The smallest absolute Gasteiger partial charge is 0.251 e. The number of hydrogen-bond acceptors (Lipinski definition) is 3. The van der Waals surface area contributed by atoms with E-state index in [2.05, 4.69) is 5.32 Å². The molecular formula is C19H21FN2O3S. The fourth-order valence-electron chi connectivity index (χ4n) is 2.97. The summed E-state index contributed by atoms with van der Waals surface area (Å²) in [5.74, 6) is -0.835. The molecule has 1 aliphatic heterocycles. The van der Waals surface area contributed by atoms with Crippen LogP contribution in [0, 0.1) is 5.82 Å². The van der Waals surface area contributed by atoms with Crippen molar-refractivity contribution in [1.82, 2.24) is 9.62 Å². The number of benzene rings is 2. The lowest BCUT2D eigenvalue weighted by molar-refractivity contribution is 0.0950. The lowest BCUT2D eigenvalue weighted by Gasteiger charge is -2.26. The van der Waals surface area contributed by atoms with Crippen LogP contribution >= 0.6 is 0 Å². The minimum absolute atomic E-state index is 0.0363. The van der Waals surface area contributed by atoms with E-state index in [1.54, 1.807) is 30.3 Å². The van der Waals surface area contributed by atoms with Gasteiger partial charge in [0.25, 0.3) is 5.91 Å². The van der Waals surface area contributed by atoms with E-state index in [0.29, 0.717) is 18.7 Å². The van der Waals surface area contributed by atoms with Crippen molar-refractivity contribution < 1.29 is 17.6 Å². The topological polar surface area (TPSA) is 66.5 Å². The second-order valence-electron chi connectivity index (χ2n) is 6.27. The molecule has 0 unspecified atom stereocenters. The van der Waals surface area contributed by atoms with E-state index in [0.717, 1.165) is 19.3 Å². The zero-order valence-corrected chi connectivity index (χ0v) is 15.1. The normalized spacial score (nSPS) is 15.6. The molecule has 1 saturated heterocycles. The minimum atomic E-state index is -3.60. The van der Waals surface area contributed by atoms with Gasteiger partial charge < -0.3 is 5.32 Å². The predicted octanol–water partition coefficient (Wildman–Crippen LogP) is 2.93. The van der Waals surface area contributed by atoms with Gasteiger partial charge in [-0.05, 0) is 37.1 Å². The van der Waals surface area contributed by atoms with Crippen molar-refractivity contribution in [2.24, 2.45) is 0 Å². The van der Waals surface area contributed by atoms with Gasteiger partial charge in [0, 0.05) is 30.8 Å². The van der Waals surface area contributed by atoms with Gasteiger partial charge in [-0.25, -0.2) is 12.8 Å². The molecule has 1 heterocycles. The van der Waals surface area contributed by atoms with Crippen molar-refractivity contribution in [3.05, 3.63) is 65.5 Å². The Balaban J connectivity index is 1.74. The molecule has 1 fully saturated rings. The van der Waals surface area contributed by atoms with Crippen molar-refractivity contribution in [3.8, 4) is 0 Å². The van der Waals surface area contributed by atoms with Gasteiger partial charge in [-0.3, -0.25) is 4.79 Å². The van der Waals surface area contributed by atoms with Crippen LogP contribution < -0.4 is 5.32 Å². The highest BCUT2D eigenvalue weighted by Gasteiger charge is 2.26. The standard InChI is InChI=1S/C19H21FN2O3S/c20-18-10-3-2-7-16(18)14-21-19(23)15-8-6-9-17(13-15)26(24,25)22-11-4-1-5-12-22/h2-3,6-10,13H,1,4-5,11-12,14H2,(H,21,23). The second-order valence-corrected chi connectivity index (χ2v) is 8.20. The summed E-state index contributed by atoms with van der Waals surface area (Å²) in [7, 11) is -3.60. The summed E-state index contributed by atoms with van der Waals surface area (Å²) in [5.41, 5.74) is 0.609. The maximum absolute atomic E-state index is 13.6. The van der Waals surface area contributed by atoms with Crippen molar-refractivity contribution in [2.75, 3.05) is 13.1 Å². The number of carbonyl (C=O) groups is 1. The first-order valence-electron chi connectivity index (χ1n) is 8.60. The van der Waals surface area contributed by atoms with Crippen LogP contribution in [0.25, 0.3) is 0 Å². The summed E-state index contributed by atoms with van der Waals surface area (Å²) in [6, 6.07) is 12.2. The first kappa shape index (κ1) is 18.5. The lowest BCUT2D eigenvalue weighted by atomic mass is 10.2. The average molecular weight is 376 g/mol. The van der Waals surface area contributed by atoms with Gasteiger partial charge in [-0.15, -0.1) is 0 Å². The number of sulfonamides is 1. The molecule has 5 nitrogen and oxygen atoms in total. The maximum Gasteiger partial charge on any atom is 0.251 e. The lowest BCUT2D eigenvalue weighted by Crippen LogP contribution is -2.35. The van der Waals surface area contributed by atoms with Gasteiger partial charge >= 0.3 is 0 Å². The van der Waals surface area contributed by atoms with Crippen LogP contribution in [0.1, 0.15) is 35.2 Å². The van der Waals surface area contributed by atoms with Crippen LogP contribution in [0.2, 0.25) is 0 Å². The Kier molecular flexibility index (Phi) is 5.68. The maximum atomic E-state index is 13.6. The number of hydrogen-bond donors (Lipinski definition) is 1. The fourth-order valence-corrected chi connectivity index (χ4v) is 4.53. The molecule has 2 aromatic rings. The molecule has 0 bridgehead atoms. The van der Waals surface area contributed by atoms with Crippen LogP contribution in [0.5, 0.6) is 0 Å². The molecule has 0 radical (unpaired) electrons. The van der Waals surface area contributed by atoms with Gasteiger partial charge in [0.15, 0.2) is 0 Å². The SMILES string of the molecule is O=C(NCc1ccccc1F)c1cccc(S(=O)(=O)N2CCCCC2)c1. The molecular weight excluding hydrogens is 355 g/mol. The van der Waals surface area contributed by atoms with E-state index < -0.39 is 21.7 Å². The van der Waals surface area contributed by atoms with Crippen LogP contribution in [0.4, 0.5) is 4.39 Å². The van der Waals surface area contributed by atoms with Crippen molar-refractivity contribution in [1.29, 1.82) is 0 Å².